The number of anilines is 2. The number of amides is 1. The third kappa shape index (κ3) is 4.17. The van der Waals surface area contributed by atoms with Crippen molar-refractivity contribution in [3.63, 3.8) is 0 Å². The van der Waals surface area contributed by atoms with E-state index in [0.29, 0.717) is 36.8 Å². The largest absolute Gasteiger partial charge is 0.447 e. The van der Waals surface area contributed by atoms with E-state index in [4.69, 9.17) is 4.74 Å². The predicted octanol–water partition coefficient (Wildman–Crippen LogP) is 2.79. The normalized spacial score (nSPS) is 13.9. The van der Waals surface area contributed by atoms with Gasteiger partial charge < -0.3 is 15.0 Å². The molecule has 5 rings (SSSR count). The highest BCUT2D eigenvalue weighted by atomic mass is 16.6. The Morgan fingerprint density at radius 3 is 2.82 bits per heavy atom. The van der Waals surface area contributed by atoms with Gasteiger partial charge in [0.25, 0.3) is 0 Å². The molecule has 0 radical (unpaired) electrons. The van der Waals surface area contributed by atoms with Crippen LogP contribution in [0.1, 0.15) is 31.8 Å². The first-order valence-electron chi connectivity index (χ1n) is 10.9. The molecule has 0 atom stereocenters. The van der Waals surface area contributed by atoms with Crippen molar-refractivity contribution in [3.8, 4) is 5.82 Å². The standard InChI is InChI=1S/C22H24N10O2/c1-14(2)34-22(33)30-9-6-16(7-10-30)20-28-29-21-19(24-8-11-31(20)21)27-17-4-5-18(26-15(17)3)32-13-23-12-25-32/h4-6,8,11-14H,7,9-10H2,1-3H3,(H,24,27). The highest BCUT2D eigenvalue weighted by Crippen LogP contribution is 2.26. The van der Waals surface area contributed by atoms with E-state index >= 15 is 0 Å². The first-order chi connectivity index (χ1) is 16.5. The highest BCUT2D eigenvalue weighted by Gasteiger charge is 2.23. The van der Waals surface area contributed by atoms with Crippen molar-refractivity contribution >= 4 is 28.8 Å². The molecule has 0 bridgehead atoms. The molecule has 174 valence electrons. The lowest BCUT2D eigenvalue weighted by atomic mass is 10.1. The lowest BCUT2D eigenvalue weighted by Gasteiger charge is -2.26. The molecule has 1 amide bonds. The number of nitrogens with zero attached hydrogens (tertiary/aromatic N) is 9. The maximum absolute atomic E-state index is 12.2. The lowest BCUT2D eigenvalue weighted by Crippen LogP contribution is -2.36. The molecule has 0 aliphatic carbocycles. The van der Waals surface area contributed by atoms with Crippen LogP contribution in [0.5, 0.6) is 0 Å². The number of aryl methyl sites for hydroxylation is 1. The third-order valence-electron chi connectivity index (χ3n) is 5.40. The number of rotatable bonds is 5. The van der Waals surface area contributed by atoms with E-state index < -0.39 is 0 Å². The van der Waals surface area contributed by atoms with Crippen molar-refractivity contribution in [3.05, 3.63) is 54.8 Å². The SMILES string of the molecule is Cc1nc(-n2cncn2)ccc1Nc1nccn2c(C3=CCN(C(=O)OC(C)C)CC3)nnc12. The van der Waals surface area contributed by atoms with E-state index in [1.807, 2.05) is 49.6 Å². The van der Waals surface area contributed by atoms with Crippen LogP contribution >= 0.6 is 0 Å². The van der Waals surface area contributed by atoms with Gasteiger partial charge in [-0.2, -0.15) is 5.10 Å². The Hall–Kier alpha value is -4.35. The summed E-state index contributed by atoms with van der Waals surface area (Å²) in [7, 11) is 0. The Labute approximate surface area is 195 Å². The van der Waals surface area contributed by atoms with E-state index in [1.54, 1.807) is 22.1 Å². The average molecular weight is 461 g/mol. The van der Waals surface area contributed by atoms with Crippen LogP contribution in [0.4, 0.5) is 16.3 Å². The summed E-state index contributed by atoms with van der Waals surface area (Å²) in [6, 6.07) is 3.76. The van der Waals surface area contributed by atoms with E-state index in [2.05, 4.69) is 35.6 Å². The van der Waals surface area contributed by atoms with Gasteiger partial charge in [0.1, 0.15) is 12.7 Å². The second kappa shape index (κ2) is 8.89. The number of nitrogens with one attached hydrogen (secondary N) is 1. The summed E-state index contributed by atoms with van der Waals surface area (Å²) in [6.07, 6.45) is 8.80. The molecule has 0 fully saturated rings. The lowest BCUT2D eigenvalue weighted by molar-refractivity contribution is 0.0799. The summed E-state index contributed by atoms with van der Waals surface area (Å²) in [5.41, 5.74) is 3.19. The summed E-state index contributed by atoms with van der Waals surface area (Å²) in [6.45, 7) is 6.61. The van der Waals surface area contributed by atoms with Gasteiger partial charge in [0, 0.05) is 25.5 Å². The summed E-state index contributed by atoms with van der Waals surface area (Å²) in [5.74, 6) is 1.97. The molecule has 4 aromatic rings. The van der Waals surface area contributed by atoms with E-state index in [1.165, 1.54) is 6.33 Å². The molecular formula is C22H24N10O2. The predicted molar refractivity (Wildman–Crippen MR) is 124 cm³/mol. The molecule has 0 saturated heterocycles. The fraction of sp³-hybridized carbons (Fsp3) is 0.318. The van der Waals surface area contributed by atoms with Crippen LogP contribution in [-0.4, -0.2) is 69.5 Å². The van der Waals surface area contributed by atoms with Crippen molar-refractivity contribution < 1.29 is 9.53 Å². The highest BCUT2D eigenvalue weighted by molar-refractivity contribution is 5.74. The number of pyridine rings is 1. The Morgan fingerprint density at radius 2 is 2.12 bits per heavy atom. The third-order valence-corrected chi connectivity index (χ3v) is 5.40. The van der Waals surface area contributed by atoms with Crippen LogP contribution in [0, 0.1) is 6.92 Å². The Balaban J connectivity index is 1.37. The molecule has 34 heavy (non-hydrogen) atoms. The zero-order chi connectivity index (χ0) is 23.7. The molecule has 5 heterocycles. The molecule has 1 aliphatic rings. The number of aromatic nitrogens is 8. The molecule has 0 spiro atoms. The molecule has 4 aromatic heterocycles. The number of fused-ring (bicyclic) bond motifs is 1. The molecule has 12 heteroatoms. The van der Waals surface area contributed by atoms with Gasteiger partial charge in [-0.3, -0.25) is 4.40 Å². The maximum atomic E-state index is 12.2. The van der Waals surface area contributed by atoms with Crippen molar-refractivity contribution in [1.82, 2.24) is 44.2 Å². The summed E-state index contributed by atoms with van der Waals surface area (Å²) in [4.78, 5) is 26.8. The van der Waals surface area contributed by atoms with Gasteiger partial charge in [-0.1, -0.05) is 6.08 Å². The van der Waals surface area contributed by atoms with Crippen LogP contribution in [0.2, 0.25) is 0 Å². The zero-order valence-electron chi connectivity index (χ0n) is 19.1. The first-order valence-corrected chi connectivity index (χ1v) is 10.9. The van der Waals surface area contributed by atoms with Crippen molar-refractivity contribution in [2.45, 2.75) is 33.3 Å². The van der Waals surface area contributed by atoms with Gasteiger partial charge >= 0.3 is 6.09 Å². The van der Waals surface area contributed by atoms with Crippen molar-refractivity contribution in [1.29, 1.82) is 0 Å². The van der Waals surface area contributed by atoms with Crippen LogP contribution in [0.3, 0.4) is 0 Å². The number of ether oxygens (including phenoxy) is 1. The maximum Gasteiger partial charge on any atom is 0.410 e. The Bertz CT molecular complexity index is 1360. The van der Waals surface area contributed by atoms with Gasteiger partial charge in [-0.15, -0.1) is 10.2 Å². The molecule has 1 aliphatic heterocycles. The summed E-state index contributed by atoms with van der Waals surface area (Å²) < 4.78 is 8.79. The van der Waals surface area contributed by atoms with Crippen molar-refractivity contribution in [2.24, 2.45) is 0 Å². The minimum Gasteiger partial charge on any atom is -0.447 e. The van der Waals surface area contributed by atoms with Crippen LogP contribution in [0.25, 0.3) is 17.0 Å². The van der Waals surface area contributed by atoms with Crippen LogP contribution < -0.4 is 5.32 Å². The Kier molecular flexibility index (Phi) is 5.62. The minimum atomic E-state index is -0.300. The first kappa shape index (κ1) is 21.5. The number of carbonyl (C=O) groups excluding carboxylic acids is 1. The topological polar surface area (TPSA) is 128 Å². The minimum absolute atomic E-state index is 0.144. The number of hydrogen-bond donors (Lipinski definition) is 1. The van der Waals surface area contributed by atoms with Crippen molar-refractivity contribution in [2.75, 3.05) is 18.4 Å². The van der Waals surface area contributed by atoms with E-state index in [0.717, 1.165) is 22.8 Å². The van der Waals surface area contributed by atoms with Gasteiger partial charge in [0.05, 0.1) is 17.5 Å². The molecule has 1 N–H and O–H groups in total. The summed E-state index contributed by atoms with van der Waals surface area (Å²) >= 11 is 0. The van der Waals surface area contributed by atoms with Gasteiger partial charge in [-0.25, -0.2) is 24.4 Å². The molecule has 0 saturated carbocycles. The van der Waals surface area contributed by atoms with Gasteiger partial charge in [0.2, 0.25) is 5.65 Å². The average Bonchev–Trinajstić information content (AvgIpc) is 3.51. The molecule has 12 nitrogen and oxygen atoms in total. The fourth-order valence-corrected chi connectivity index (χ4v) is 3.71. The molecular weight excluding hydrogens is 436 g/mol. The quantitative estimate of drug-likeness (QED) is 0.478. The number of hydrogen-bond acceptors (Lipinski definition) is 9. The van der Waals surface area contributed by atoms with Crippen LogP contribution in [0.15, 0.2) is 43.3 Å². The molecule has 0 unspecified atom stereocenters. The fourth-order valence-electron chi connectivity index (χ4n) is 3.71. The zero-order valence-corrected chi connectivity index (χ0v) is 19.1. The summed E-state index contributed by atoms with van der Waals surface area (Å²) in [5, 5.41) is 16.2. The van der Waals surface area contributed by atoms with Gasteiger partial charge in [-0.05, 0) is 44.9 Å². The second-order valence-electron chi connectivity index (χ2n) is 8.12. The Morgan fingerprint density at radius 1 is 1.24 bits per heavy atom. The molecule has 0 aromatic carbocycles. The van der Waals surface area contributed by atoms with E-state index in [9.17, 15) is 4.79 Å². The monoisotopic (exact) mass is 460 g/mol. The smallest absolute Gasteiger partial charge is 0.410 e. The van der Waals surface area contributed by atoms with Crippen LogP contribution in [-0.2, 0) is 4.74 Å². The van der Waals surface area contributed by atoms with E-state index in [-0.39, 0.29) is 12.2 Å². The van der Waals surface area contributed by atoms with Gasteiger partial charge in [0.15, 0.2) is 17.5 Å². The number of carbonyl (C=O) groups is 1. The second-order valence-corrected chi connectivity index (χ2v) is 8.12.